The molecule has 2 aromatic carbocycles. The lowest BCUT2D eigenvalue weighted by Crippen LogP contribution is -2.18. The van der Waals surface area contributed by atoms with E-state index in [0.717, 1.165) is 30.3 Å². The molecule has 2 aromatic heterocycles. The summed E-state index contributed by atoms with van der Waals surface area (Å²) in [5.74, 6) is 2.90. The maximum absolute atomic E-state index is 5.80. The van der Waals surface area contributed by atoms with Crippen molar-refractivity contribution in [2.45, 2.75) is 26.9 Å². The van der Waals surface area contributed by atoms with Crippen LogP contribution in [-0.2, 0) is 13.1 Å². The van der Waals surface area contributed by atoms with E-state index in [0.29, 0.717) is 11.7 Å². The van der Waals surface area contributed by atoms with E-state index in [4.69, 9.17) is 8.83 Å². The highest BCUT2D eigenvalue weighted by molar-refractivity contribution is 5.85. The summed E-state index contributed by atoms with van der Waals surface area (Å²) in [6.07, 6.45) is 0. The third-order valence-corrected chi connectivity index (χ3v) is 4.58. The van der Waals surface area contributed by atoms with Crippen LogP contribution in [0, 0.1) is 13.8 Å². The second-order valence-electron chi connectivity index (χ2n) is 6.74. The number of aromatic nitrogens is 1. The minimum atomic E-state index is 0.546. The van der Waals surface area contributed by atoms with Gasteiger partial charge in [-0.3, -0.25) is 4.90 Å². The molecule has 4 rings (SSSR count). The van der Waals surface area contributed by atoms with Crippen LogP contribution in [0.5, 0.6) is 0 Å². The number of rotatable bonds is 5. The Balaban J connectivity index is 1.53. The van der Waals surface area contributed by atoms with Gasteiger partial charge in [0.2, 0.25) is 0 Å². The molecule has 0 aliphatic carbocycles. The van der Waals surface area contributed by atoms with Gasteiger partial charge < -0.3 is 8.83 Å². The number of benzene rings is 2. The van der Waals surface area contributed by atoms with Gasteiger partial charge >= 0.3 is 0 Å². The van der Waals surface area contributed by atoms with Crippen molar-refractivity contribution in [1.82, 2.24) is 9.88 Å². The van der Waals surface area contributed by atoms with Crippen LogP contribution in [-0.4, -0.2) is 16.9 Å². The molecule has 0 atom stereocenters. The number of hydrogen-bond acceptors (Lipinski definition) is 4. The number of fused-ring (bicyclic) bond motifs is 1. The molecule has 4 nitrogen and oxygen atoms in total. The highest BCUT2D eigenvalue weighted by atomic mass is 16.4. The molecule has 0 amide bonds. The van der Waals surface area contributed by atoms with Crippen LogP contribution < -0.4 is 0 Å². The summed E-state index contributed by atoms with van der Waals surface area (Å²) in [4.78, 5) is 6.89. The summed E-state index contributed by atoms with van der Waals surface area (Å²) in [5, 5.41) is 2.57. The molecule has 0 bridgehead atoms. The fourth-order valence-electron chi connectivity index (χ4n) is 3.26. The van der Waals surface area contributed by atoms with Gasteiger partial charge in [0.1, 0.15) is 11.5 Å². The minimum Gasteiger partial charge on any atom is -0.456 e. The molecule has 4 aromatic rings. The standard InChI is InChI=1S/C22H22N2O2/c1-15-11-12-21(25-15)22-23-20(16(2)26-22)14-24(3)13-18-9-6-8-17-7-4-5-10-19(17)18/h4-12H,13-14H2,1-3H3. The van der Waals surface area contributed by atoms with E-state index >= 15 is 0 Å². The number of hydrogen-bond donors (Lipinski definition) is 0. The molecule has 0 aliphatic heterocycles. The zero-order chi connectivity index (χ0) is 18.1. The van der Waals surface area contributed by atoms with Gasteiger partial charge in [0.25, 0.3) is 5.89 Å². The zero-order valence-electron chi connectivity index (χ0n) is 15.3. The zero-order valence-corrected chi connectivity index (χ0v) is 15.3. The van der Waals surface area contributed by atoms with Crippen molar-refractivity contribution in [1.29, 1.82) is 0 Å². The first kappa shape index (κ1) is 16.6. The molecular formula is C22H22N2O2. The lowest BCUT2D eigenvalue weighted by Gasteiger charge is -2.17. The van der Waals surface area contributed by atoms with E-state index in [1.807, 2.05) is 26.0 Å². The first-order valence-corrected chi connectivity index (χ1v) is 8.78. The highest BCUT2D eigenvalue weighted by Gasteiger charge is 2.16. The monoisotopic (exact) mass is 346 g/mol. The van der Waals surface area contributed by atoms with Crippen LogP contribution in [0.1, 0.15) is 22.8 Å². The lowest BCUT2D eigenvalue weighted by atomic mass is 10.0. The van der Waals surface area contributed by atoms with Gasteiger partial charge in [0.05, 0.1) is 5.69 Å². The van der Waals surface area contributed by atoms with E-state index in [2.05, 4.69) is 59.4 Å². The molecule has 2 heterocycles. The van der Waals surface area contributed by atoms with E-state index in [9.17, 15) is 0 Å². The number of oxazole rings is 1. The molecule has 0 spiro atoms. The van der Waals surface area contributed by atoms with E-state index in [-0.39, 0.29) is 0 Å². The van der Waals surface area contributed by atoms with Gasteiger partial charge in [-0.2, -0.15) is 0 Å². The molecule has 0 saturated heterocycles. The van der Waals surface area contributed by atoms with Crippen LogP contribution in [0.2, 0.25) is 0 Å². The predicted molar refractivity (Wildman–Crippen MR) is 103 cm³/mol. The normalized spacial score (nSPS) is 11.5. The average molecular weight is 346 g/mol. The lowest BCUT2D eigenvalue weighted by molar-refractivity contribution is 0.314. The Morgan fingerprint density at radius 3 is 2.50 bits per heavy atom. The van der Waals surface area contributed by atoms with Crippen molar-refractivity contribution in [3.05, 3.63) is 77.4 Å². The average Bonchev–Trinajstić information content (AvgIpc) is 3.21. The van der Waals surface area contributed by atoms with Crippen molar-refractivity contribution >= 4 is 10.8 Å². The predicted octanol–water partition coefficient (Wildman–Crippen LogP) is 5.34. The Morgan fingerprint density at radius 2 is 1.69 bits per heavy atom. The summed E-state index contributed by atoms with van der Waals surface area (Å²) in [6, 6.07) is 18.8. The summed E-state index contributed by atoms with van der Waals surface area (Å²) < 4.78 is 11.4. The van der Waals surface area contributed by atoms with Gasteiger partial charge in [-0.1, -0.05) is 42.5 Å². The molecule has 26 heavy (non-hydrogen) atoms. The fraction of sp³-hybridized carbons (Fsp3) is 0.227. The molecule has 0 unspecified atom stereocenters. The largest absolute Gasteiger partial charge is 0.456 e. The van der Waals surface area contributed by atoms with Crippen molar-refractivity contribution in [2.75, 3.05) is 7.05 Å². The van der Waals surface area contributed by atoms with Crippen molar-refractivity contribution in [3.63, 3.8) is 0 Å². The molecule has 0 fully saturated rings. The smallest absolute Gasteiger partial charge is 0.263 e. The second kappa shape index (κ2) is 6.81. The summed E-state index contributed by atoms with van der Waals surface area (Å²) >= 11 is 0. The first-order chi connectivity index (χ1) is 12.6. The van der Waals surface area contributed by atoms with Gasteiger partial charge in [-0.05, 0) is 49.4 Å². The number of aryl methyl sites for hydroxylation is 2. The highest BCUT2D eigenvalue weighted by Crippen LogP contribution is 2.25. The molecule has 0 radical (unpaired) electrons. The van der Waals surface area contributed by atoms with Crippen LogP contribution in [0.3, 0.4) is 0 Å². The summed E-state index contributed by atoms with van der Waals surface area (Å²) in [7, 11) is 2.10. The van der Waals surface area contributed by atoms with Crippen LogP contribution in [0.25, 0.3) is 22.4 Å². The molecule has 4 heteroatoms. The second-order valence-corrected chi connectivity index (χ2v) is 6.74. The van der Waals surface area contributed by atoms with Crippen molar-refractivity contribution < 1.29 is 8.83 Å². The maximum Gasteiger partial charge on any atom is 0.263 e. The number of furan rings is 1. The molecular weight excluding hydrogens is 324 g/mol. The SMILES string of the molecule is Cc1ccc(-c2nc(CN(C)Cc3cccc4ccccc34)c(C)o2)o1. The van der Waals surface area contributed by atoms with E-state index in [1.54, 1.807) is 0 Å². The summed E-state index contributed by atoms with van der Waals surface area (Å²) in [5.41, 5.74) is 2.26. The van der Waals surface area contributed by atoms with Gasteiger partial charge in [-0.25, -0.2) is 4.98 Å². The third-order valence-electron chi connectivity index (χ3n) is 4.58. The first-order valence-electron chi connectivity index (χ1n) is 8.78. The Morgan fingerprint density at radius 1 is 0.885 bits per heavy atom. The van der Waals surface area contributed by atoms with Gasteiger partial charge in [0.15, 0.2) is 5.76 Å². The van der Waals surface area contributed by atoms with Crippen molar-refractivity contribution in [2.24, 2.45) is 0 Å². The molecule has 0 N–H and O–H groups in total. The molecule has 132 valence electrons. The van der Waals surface area contributed by atoms with Crippen LogP contribution >= 0.6 is 0 Å². The Kier molecular flexibility index (Phi) is 4.35. The molecule has 0 aliphatic rings. The third kappa shape index (κ3) is 3.28. The number of nitrogens with zero attached hydrogens (tertiary/aromatic N) is 2. The van der Waals surface area contributed by atoms with E-state index in [1.165, 1.54) is 16.3 Å². The maximum atomic E-state index is 5.80. The summed E-state index contributed by atoms with van der Waals surface area (Å²) in [6.45, 7) is 5.44. The van der Waals surface area contributed by atoms with Gasteiger partial charge in [-0.15, -0.1) is 0 Å². The molecule has 0 saturated carbocycles. The van der Waals surface area contributed by atoms with Crippen LogP contribution in [0.4, 0.5) is 0 Å². The van der Waals surface area contributed by atoms with Gasteiger partial charge in [0, 0.05) is 13.1 Å². The minimum absolute atomic E-state index is 0.546. The quantitative estimate of drug-likeness (QED) is 0.489. The van der Waals surface area contributed by atoms with Crippen LogP contribution in [0.15, 0.2) is 63.4 Å². The topological polar surface area (TPSA) is 42.4 Å². The fourth-order valence-corrected chi connectivity index (χ4v) is 3.26. The van der Waals surface area contributed by atoms with Crippen molar-refractivity contribution in [3.8, 4) is 11.7 Å². The Hall–Kier alpha value is -2.85. The Labute approximate surface area is 153 Å². The Bertz CT molecular complexity index is 1040. The van der Waals surface area contributed by atoms with E-state index < -0.39 is 0 Å².